The minimum Gasteiger partial charge on any atom is -0.486 e. The van der Waals surface area contributed by atoms with Crippen molar-refractivity contribution in [2.45, 2.75) is 45.3 Å². The summed E-state index contributed by atoms with van der Waals surface area (Å²) in [5.74, 6) is 0.991. The molecule has 0 saturated carbocycles. The standard InChI is InChI=1S/C27H33N3O3S/c1-19(2)15-27(32)12-13-30(16-25(27)33-23-10-5-4-6-11-23)17-26(31)29-22-9-7-8-21(14-22)24-18-34-20(3)28-24/h4-11,14,18-19,25,32H,12-13,15-17H2,1-3H3,(H,29,31)/t25-,27+/m0/s1. The molecule has 0 radical (unpaired) electrons. The molecule has 0 aliphatic carbocycles. The Kier molecular flexibility index (Phi) is 7.66. The first kappa shape index (κ1) is 24.4. The molecule has 0 unspecified atom stereocenters. The molecule has 1 fully saturated rings. The SMILES string of the molecule is Cc1nc(-c2cccc(NC(=O)CN3CC[C@@](O)(CC(C)C)[C@@H](Oc4ccccc4)C3)c2)cs1. The number of hydrogen-bond acceptors (Lipinski definition) is 6. The lowest BCUT2D eigenvalue weighted by molar-refractivity contribution is -0.129. The van der Waals surface area contributed by atoms with Gasteiger partial charge in [-0.05, 0) is 49.9 Å². The molecule has 0 spiro atoms. The van der Waals surface area contributed by atoms with Crippen LogP contribution in [-0.4, -0.2) is 52.2 Å². The number of likely N-dealkylation sites (tertiary alicyclic amines) is 1. The number of aromatic nitrogens is 1. The first-order valence-corrected chi connectivity index (χ1v) is 12.7. The monoisotopic (exact) mass is 479 g/mol. The van der Waals surface area contributed by atoms with Gasteiger partial charge in [0, 0.05) is 29.7 Å². The fourth-order valence-corrected chi connectivity index (χ4v) is 5.18. The minimum absolute atomic E-state index is 0.0839. The summed E-state index contributed by atoms with van der Waals surface area (Å²) in [4.78, 5) is 19.5. The first-order valence-electron chi connectivity index (χ1n) is 11.8. The Labute approximate surface area is 205 Å². The summed E-state index contributed by atoms with van der Waals surface area (Å²) < 4.78 is 6.24. The largest absolute Gasteiger partial charge is 0.486 e. The molecule has 4 rings (SSSR count). The number of anilines is 1. The van der Waals surface area contributed by atoms with Gasteiger partial charge < -0.3 is 15.2 Å². The fraction of sp³-hybridized carbons (Fsp3) is 0.407. The Morgan fingerprint density at radius 3 is 2.76 bits per heavy atom. The van der Waals surface area contributed by atoms with Gasteiger partial charge in [-0.15, -0.1) is 11.3 Å². The Morgan fingerprint density at radius 1 is 1.26 bits per heavy atom. The molecule has 1 aliphatic rings. The van der Waals surface area contributed by atoms with E-state index in [0.717, 1.165) is 27.7 Å². The Balaban J connectivity index is 1.41. The van der Waals surface area contributed by atoms with Crippen molar-refractivity contribution in [3.63, 3.8) is 0 Å². The average molecular weight is 480 g/mol. The van der Waals surface area contributed by atoms with Gasteiger partial charge in [0.2, 0.25) is 5.91 Å². The number of carbonyl (C=O) groups is 1. The number of benzene rings is 2. The number of hydrogen-bond donors (Lipinski definition) is 2. The Bertz CT molecular complexity index is 1100. The van der Waals surface area contributed by atoms with Crippen molar-refractivity contribution >= 4 is 22.9 Å². The van der Waals surface area contributed by atoms with E-state index in [-0.39, 0.29) is 12.5 Å². The zero-order chi connectivity index (χ0) is 24.1. The summed E-state index contributed by atoms with van der Waals surface area (Å²) in [6.07, 6.45) is 0.817. The number of aryl methyl sites for hydroxylation is 1. The van der Waals surface area contributed by atoms with Gasteiger partial charge >= 0.3 is 0 Å². The maximum absolute atomic E-state index is 12.9. The molecular weight excluding hydrogens is 446 g/mol. The summed E-state index contributed by atoms with van der Waals surface area (Å²) in [6, 6.07) is 17.3. The molecule has 2 N–H and O–H groups in total. The first-order chi connectivity index (χ1) is 16.3. The van der Waals surface area contributed by atoms with Gasteiger partial charge in [0.05, 0.1) is 17.2 Å². The molecule has 6 nitrogen and oxygen atoms in total. The number of nitrogens with zero attached hydrogens (tertiary/aromatic N) is 2. The van der Waals surface area contributed by atoms with Gasteiger partial charge in [-0.3, -0.25) is 9.69 Å². The van der Waals surface area contributed by atoms with Gasteiger partial charge in [0.1, 0.15) is 17.5 Å². The second-order valence-electron chi connectivity index (χ2n) is 9.49. The zero-order valence-electron chi connectivity index (χ0n) is 20.0. The molecule has 1 aliphatic heterocycles. The molecule has 180 valence electrons. The molecule has 2 heterocycles. The van der Waals surface area contributed by atoms with Crippen molar-refractivity contribution in [3.8, 4) is 17.0 Å². The van der Waals surface area contributed by atoms with Gasteiger partial charge in [-0.25, -0.2) is 4.98 Å². The van der Waals surface area contributed by atoms with Crippen LogP contribution < -0.4 is 10.1 Å². The van der Waals surface area contributed by atoms with Crippen molar-refractivity contribution in [2.75, 3.05) is 25.0 Å². The van der Waals surface area contributed by atoms with E-state index in [1.54, 1.807) is 11.3 Å². The van der Waals surface area contributed by atoms with Crippen LogP contribution in [0.2, 0.25) is 0 Å². The third-order valence-electron chi connectivity index (χ3n) is 6.10. The van der Waals surface area contributed by atoms with Gasteiger partial charge in [0.25, 0.3) is 0 Å². The van der Waals surface area contributed by atoms with Crippen LogP contribution >= 0.6 is 11.3 Å². The summed E-state index contributed by atoms with van der Waals surface area (Å²) >= 11 is 1.61. The summed E-state index contributed by atoms with van der Waals surface area (Å²) in [6.45, 7) is 7.58. The highest BCUT2D eigenvalue weighted by molar-refractivity contribution is 7.09. The van der Waals surface area contributed by atoms with E-state index in [1.807, 2.05) is 66.9 Å². The van der Waals surface area contributed by atoms with Crippen LogP contribution in [0.4, 0.5) is 5.69 Å². The van der Waals surface area contributed by atoms with E-state index in [1.165, 1.54) is 0 Å². The number of carbonyl (C=O) groups excluding carboxylic acids is 1. The van der Waals surface area contributed by atoms with Crippen LogP contribution in [0.3, 0.4) is 0 Å². The van der Waals surface area contributed by atoms with Crippen LogP contribution in [0.25, 0.3) is 11.3 Å². The van der Waals surface area contributed by atoms with Crippen molar-refractivity contribution in [1.82, 2.24) is 9.88 Å². The maximum atomic E-state index is 12.9. The van der Waals surface area contributed by atoms with E-state index in [2.05, 4.69) is 29.0 Å². The summed E-state index contributed by atoms with van der Waals surface area (Å²) in [5.41, 5.74) is 1.73. The second kappa shape index (κ2) is 10.7. The van der Waals surface area contributed by atoms with Crippen LogP contribution in [0.1, 0.15) is 31.7 Å². The van der Waals surface area contributed by atoms with Gasteiger partial charge in [-0.1, -0.05) is 44.2 Å². The van der Waals surface area contributed by atoms with E-state index in [9.17, 15) is 9.90 Å². The van der Waals surface area contributed by atoms with Crippen molar-refractivity contribution < 1.29 is 14.6 Å². The van der Waals surface area contributed by atoms with E-state index >= 15 is 0 Å². The number of ether oxygens (including phenoxy) is 1. The quantitative estimate of drug-likeness (QED) is 0.476. The normalized spacial score (nSPS) is 20.9. The highest BCUT2D eigenvalue weighted by Crippen LogP contribution is 2.32. The summed E-state index contributed by atoms with van der Waals surface area (Å²) in [7, 11) is 0. The number of aliphatic hydroxyl groups is 1. The molecule has 1 aromatic heterocycles. The molecule has 2 aromatic carbocycles. The number of amides is 1. The minimum atomic E-state index is -0.920. The van der Waals surface area contributed by atoms with Crippen molar-refractivity contribution in [3.05, 3.63) is 65.0 Å². The molecule has 1 saturated heterocycles. The van der Waals surface area contributed by atoms with Crippen LogP contribution in [-0.2, 0) is 4.79 Å². The molecule has 1 amide bonds. The number of piperidine rings is 1. The van der Waals surface area contributed by atoms with Crippen molar-refractivity contribution in [1.29, 1.82) is 0 Å². The van der Waals surface area contributed by atoms with Crippen molar-refractivity contribution in [2.24, 2.45) is 5.92 Å². The molecule has 7 heteroatoms. The van der Waals surface area contributed by atoms with Crippen LogP contribution in [0.5, 0.6) is 5.75 Å². The molecule has 3 aromatic rings. The Morgan fingerprint density at radius 2 is 2.06 bits per heavy atom. The topological polar surface area (TPSA) is 74.7 Å². The number of thiazole rings is 1. The highest BCUT2D eigenvalue weighted by Gasteiger charge is 2.43. The predicted octanol–water partition coefficient (Wildman–Crippen LogP) is 4.99. The Hall–Kier alpha value is -2.74. The lowest BCUT2D eigenvalue weighted by Gasteiger charge is -2.45. The van der Waals surface area contributed by atoms with E-state index in [4.69, 9.17) is 4.74 Å². The lowest BCUT2D eigenvalue weighted by Crippen LogP contribution is -2.59. The van der Waals surface area contributed by atoms with Crippen LogP contribution in [0, 0.1) is 12.8 Å². The molecular formula is C27H33N3O3S. The van der Waals surface area contributed by atoms with Gasteiger partial charge in [-0.2, -0.15) is 0 Å². The number of para-hydroxylation sites is 1. The third-order valence-corrected chi connectivity index (χ3v) is 6.87. The van der Waals surface area contributed by atoms with E-state index in [0.29, 0.717) is 31.8 Å². The second-order valence-corrected chi connectivity index (χ2v) is 10.5. The van der Waals surface area contributed by atoms with E-state index < -0.39 is 11.7 Å². The van der Waals surface area contributed by atoms with Gasteiger partial charge in [0.15, 0.2) is 0 Å². The lowest BCUT2D eigenvalue weighted by atomic mass is 9.81. The molecule has 0 bridgehead atoms. The predicted molar refractivity (Wildman–Crippen MR) is 137 cm³/mol. The number of rotatable bonds is 8. The molecule has 34 heavy (non-hydrogen) atoms. The highest BCUT2D eigenvalue weighted by atomic mass is 32.1. The third kappa shape index (κ3) is 6.23. The smallest absolute Gasteiger partial charge is 0.238 e. The fourth-order valence-electron chi connectivity index (χ4n) is 4.56. The summed E-state index contributed by atoms with van der Waals surface area (Å²) in [5, 5.41) is 17.5. The molecule has 2 atom stereocenters. The van der Waals surface area contributed by atoms with Crippen LogP contribution in [0.15, 0.2) is 60.0 Å². The number of nitrogens with one attached hydrogen (secondary N) is 1. The maximum Gasteiger partial charge on any atom is 0.238 e. The zero-order valence-corrected chi connectivity index (χ0v) is 20.8. The average Bonchev–Trinajstić information content (AvgIpc) is 3.23.